The Labute approximate surface area is 191 Å². The summed E-state index contributed by atoms with van der Waals surface area (Å²) in [6, 6.07) is 6.14. The summed E-state index contributed by atoms with van der Waals surface area (Å²) in [5.41, 5.74) is 2.21. The Morgan fingerprint density at radius 1 is 1.31 bits per heavy atom. The molecule has 2 unspecified atom stereocenters. The maximum atomic E-state index is 6.00. The zero-order valence-corrected chi connectivity index (χ0v) is 20.0. The van der Waals surface area contributed by atoms with Crippen molar-refractivity contribution in [2.45, 2.75) is 19.1 Å². The van der Waals surface area contributed by atoms with E-state index in [9.17, 15) is 0 Å². The second-order valence-electron chi connectivity index (χ2n) is 8.04. The third-order valence-corrected chi connectivity index (χ3v) is 5.63. The molecule has 0 aliphatic carbocycles. The molecule has 32 heavy (non-hydrogen) atoms. The van der Waals surface area contributed by atoms with Crippen LogP contribution in [-0.4, -0.2) is 86.6 Å². The van der Waals surface area contributed by atoms with Crippen molar-refractivity contribution in [1.82, 2.24) is 24.9 Å². The summed E-state index contributed by atoms with van der Waals surface area (Å²) >= 11 is 0. The van der Waals surface area contributed by atoms with Crippen LogP contribution >= 0.6 is 0 Å². The molecule has 0 amide bonds. The summed E-state index contributed by atoms with van der Waals surface area (Å²) in [6.07, 6.45) is 3.87. The SMILES string of the molecule is CCNC(=NCC(c1ccc(OC)c(OC)c1)N(C)C)N1CCOC(c2cnn(C)c2)C1. The minimum Gasteiger partial charge on any atom is -0.493 e. The quantitative estimate of drug-likeness (QED) is 0.493. The zero-order chi connectivity index (χ0) is 23.1. The van der Waals surface area contributed by atoms with E-state index in [0.717, 1.165) is 48.2 Å². The van der Waals surface area contributed by atoms with Gasteiger partial charge in [-0.25, -0.2) is 0 Å². The number of hydrogen-bond donors (Lipinski definition) is 1. The van der Waals surface area contributed by atoms with Gasteiger partial charge in [0.25, 0.3) is 0 Å². The second-order valence-corrected chi connectivity index (χ2v) is 8.04. The topological polar surface area (TPSA) is 76.4 Å². The molecule has 1 aromatic heterocycles. The van der Waals surface area contributed by atoms with Crippen LogP contribution in [0.4, 0.5) is 0 Å². The summed E-state index contributed by atoms with van der Waals surface area (Å²) in [4.78, 5) is 9.45. The molecule has 2 aromatic rings. The summed E-state index contributed by atoms with van der Waals surface area (Å²) in [7, 11) is 9.36. The number of aryl methyl sites for hydroxylation is 1. The van der Waals surface area contributed by atoms with Gasteiger partial charge in [-0.1, -0.05) is 6.07 Å². The molecule has 3 rings (SSSR count). The molecule has 1 aromatic carbocycles. The van der Waals surface area contributed by atoms with Gasteiger partial charge in [0.05, 0.1) is 46.2 Å². The Morgan fingerprint density at radius 2 is 2.09 bits per heavy atom. The average molecular weight is 445 g/mol. The fourth-order valence-electron chi connectivity index (χ4n) is 3.88. The first-order valence-corrected chi connectivity index (χ1v) is 11.0. The Bertz CT molecular complexity index is 898. The molecular weight excluding hydrogens is 408 g/mol. The molecule has 1 N–H and O–H groups in total. The van der Waals surface area contributed by atoms with Crippen molar-refractivity contribution in [3.63, 3.8) is 0 Å². The fourth-order valence-corrected chi connectivity index (χ4v) is 3.88. The van der Waals surface area contributed by atoms with Gasteiger partial charge >= 0.3 is 0 Å². The van der Waals surface area contributed by atoms with Crippen molar-refractivity contribution in [3.8, 4) is 11.5 Å². The first-order chi connectivity index (χ1) is 15.5. The molecule has 1 fully saturated rings. The number of likely N-dealkylation sites (N-methyl/N-ethyl adjacent to an activating group) is 1. The van der Waals surface area contributed by atoms with E-state index in [1.54, 1.807) is 14.2 Å². The Hall–Kier alpha value is -2.78. The summed E-state index contributed by atoms with van der Waals surface area (Å²) in [6.45, 7) is 5.69. The normalized spacial score (nSPS) is 18.0. The number of aliphatic imine (C=N–C) groups is 1. The van der Waals surface area contributed by atoms with Crippen molar-refractivity contribution in [2.75, 3.05) is 61.1 Å². The van der Waals surface area contributed by atoms with Crippen LogP contribution in [0.5, 0.6) is 11.5 Å². The highest BCUT2D eigenvalue weighted by atomic mass is 16.5. The molecular formula is C23H36N6O3. The number of hydrogen-bond acceptors (Lipinski definition) is 6. The lowest BCUT2D eigenvalue weighted by Gasteiger charge is -2.35. The number of benzene rings is 1. The predicted octanol–water partition coefficient (Wildman–Crippen LogP) is 2.08. The van der Waals surface area contributed by atoms with Crippen molar-refractivity contribution in [1.29, 1.82) is 0 Å². The third kappa shape index (κ3) is 5.72. The molecule has 2 atom stereocenters. The molecule has 0 saturated carbocycles. The van der Waals surface area contributed by atoms with Gasteiger partial charge in [-0.2, -0.15) is 5.10 Å². The van der Waals surface area contributed by atoms with Crippen LogP contribution in [0.15, 0.2) is 35.6 Å². The first kappa shape index (κ1) is 23.9. The highest BCUT2D eigenvalue weighted by Crippen LogP contribution is 2.31. The smallest absolute Gasteiger partial charge is 0.194 e. The van der Waals surface area contributed by atoms with E-state index in [0.29, 0.717) is 13.2 Å². The van der Waals surface area contributed by atoms with E-state index < -0.39 is 0 Å². The standard InChI is InChI=1S/C23H36N6O3/c1-7-24-23(29-10-11-32-22(16-29)18-13-26-28(4)15-18)25-14-19(27(2)3)17-8-9-20(30-5)21(12-17)31-6/h8-9,12-13,15,19,22H,7,10-11,14,16H2,1-6H3,(H,24,25). The molecule has 1 saturated heterocycles. The van der Waals surface area contributed by atoms with Gasteiger partial charge in [-0.05, 0) is 38.7 Å². The average Bonchev–Trinajstić information content (AvgIpc) is 3.24. The second kappa shape index (κ2) is 11.2. The number of methoxy groups -OCH3 is 2. The fraction of sp³-hybridized carbons (Fsp3) is 0.565. The number of rotatable bonds is 8. The number of nitrogens with zero attached hydrogens (tertiary/aromatic N) is 5. The molecule has 0 bridgehead atoms. The maximum absolute atomic E-state index is 6.00. The van der Waals surface area contributed by atoms with Crippen LogP contribution in [0.25, 0.3) is 0 Å². The van der Waals surface area contributed by atoms with Gasteiger partial charge < -0.3 is 29.3 Å². The van der Waals surface area contributed by atoms with Crippen molar-refractivity contribution >= 4 is 5.96 Å². The van der Waals surface area contributed by atoms with Crippen LogP contribution < -0.4 is 14.8 Å². The number of nitrogens with one attached hydrogen (secondary N) is 1. The summed E-state index contributed by atoms with van der Waals surface area (Å²) < 4.78 is 18.7. The Balaban J connectivity index is 1.78. The highest BCUT2D eigenvalue weighted by Gasteiger charge is 2.26. The van der Waals surface area contributed by atoms with Crippen molar-refractivity contribution < 1.29 is 14.2 Å². The van der Waals surface area contributed by atoms with E-state index >= 15 is 0 Å². The Morgan fingerprint density at radius 3 is 2.72 bits per heavy atom. The van der Waals surface area contributed by atoms with Crippen LogP contribution in [0.3, 0.4) is 0 Å². The van der Waals surface area contributed by atoms with Gasteiger partial charge in [0.1, 0.15) is 6.10 Å². The van der Waals surface area contributed by atoms with E-state index in [-0.39, 0.29) is 12.1 Å². The number of guanidine groups is 1. The number of ether oxygens (including phenoxy) is 3. The third-order valence-electron chi connectivity index (χ3n) is 5.63. The van der Waals surface area contributed by atoms with Crippen LogP contribution in [0, 0.1) is 0 Å². The zero-order valence-electron chi connectivity index (χ0n) is 20.0. The predicted molar refractivity (Wildman–Crippen MR) is 125 cm³/mol. The van der Waals surface area contributed by atoms with Crippen LogP contribution in [0.2, 0.25) is 0 Å². The largest absolute Gasteiger partial charge is 0.493 e. The van der Waals surface area contributed by atoms with Gasteiger partial charge in [0.15, 0.2) is 17.5 Å². The molecule has 9 nitrogen and oxygen atoms in total. The van der Waals surface area contributed by atoms with E-state index in [2.05, 4.69) is 47.3 Å². The van der Waals surface area contributed by atoms with E-state index in [1.165, 1.54) is 0 Å². The molecule has 2 heterocycles. The molecule has 9 heteroatoms. The van der Waals surface area contributed by atoms with Gasteiger partial charge in [0.2, 0.25) is 0 Å². The lowest BCUT2D eigenvalue weighted by atomic mass is 10.1. The minimum absolute atomic E-state index is 0.0169. The lowest BCUT2D eigenvalue weighted by Crippen LogP contribution is -2.48. The maximum Gasteiger partial charge on any atom is 0.194 e. The molecule has 1 aliphatic rings. The first-order valence-electron chi connectivity index (χ1n) is 11.0. The summed E-state index contributed by atoms with van der Waals surface area (Å²) in [5.74, 6) is 2.35. The number of aromatic nitrogens is 2. The molecule has 1 aliphatic heterocycles. The lowest BCUT2D eigenvalue weighted by molar-refractivity contribution is -0.00807. The molecule has 0 radical (unpaired) electrons. The van der Waals surface area contributed by atoms with Gasteiger partial charge in [-0.3, -0.25) is 9.67 Å². The monoisotopic (exact) mass is 444 g/mol. The van der Waals surface area contributed by atoms with Gasteiger partial charge in [-0.15, -0.1) is 0 Å². The van der Waals surface area contributed by atoms with Crippen LogP contribution in [-0.2, 0) is 11.8 Å². The molecule has 0 spiro atoms. The van der Waals surface area contributed by atoms with E-state index in [1.807, 2.05) is 36.3 Å². The van der Waals surface area contributed by atoms with Crippen molar-refractivity contribution in [2.24, 2.45) is 12.0 Å². The highest BCUT2D eigenvalue weighted by molar-refractivity contribution is 5.80. The number of morpholine rings is 1. The van der Waals surface area contributed by atoms with E-state index in [4.69, 9.17) is 19.2 Å². The van der Waals surface area contributed by atoms with Gasteiger partial charge in [0, 0.05) is 31.9 Å². The minimum atomic E-state index is -0.0169. The summed E-state index contributed by atoms with van der Waals surface area (Å²) in [5, 5.41) is 7.74. The Kier molecular flexibility index (Phi) is 8.35. The van der Waals surface area contributed by atoms with Crippen molar-refractivity contribution in [3.05, 3.63) is 41.7 Å². The molecule has 176 valence electrons. The van der Waals surface area contributed by atoms with Crippen LogP contribution in [0.1, 0.15) is 30.2 Å².